The first kappa shape index (κ1) is 24.7. The molecular weight excluding hydrogens is 460 g/mol. The van der Waals surface area contributed by atoms with Gasteiger partial charge in [-0.25, -0.2) is 9.79 Å². The Morgan fingerprint density at radius 2 is 1.82 bits per heavy atom. The highest BCUT2D eigenvalue weighted by Crippen LogP contribution is 2.33. The first-order chi connectivity index (χ1) is 15.8. The Bertz CT molecular complexity index is 1070. The van der Waals surface area contributed by atoms with Crippen LogP contribution < -0.4 is 15.5 Å². The molecule has 1 amide bonds. The number of thioether (sulfide) groups is 1. The summed E-state index contributed by atoms with van der Waals surface area (Å²) in [6.45, 7) is 3.86. The molecule has 33 heavy (non-hydrogen) atoms. The minimum absolute atomic E-state index is 0.156. The predicted molar refractivity (Wildman–Crippen MR) is 136 cm³/mol. The van der Waals surface area contributed by atoms with E-state index in [1.165, 1.54) is 11.8 Å². The molecule has 0 aliphatic carbocycles. The van der Waals surface area contributed by atoms with Gasteiger partial charge < -0.3 is 20.3 Å². The number of ether oxygens (including phenoxy) is 1. The van der Waals surface area contributed by atoms with E-state index in [0.717, 1.165) is 11.3 Å². The van der Waals surface area contributed by atoms with Gasteiger partial charge in [0.25, 0.3) is 0 Å². The number of hydrogen-bond donors (Lipinski definition) is 2. The lowest BCUT2D eigenvalue weighted by Gasteiger charge is -2.26. The summed E-state index contributed by atoms with van der Waals surface area (Å²) in [5.41, 5.74) is 3.70. The van der Waals surface area contributed by atoms with E-state index in [9.17, 15) is 9.59 Å². The Hall–Kier alpha value is -2.97. The number of amidine groups is 1. The van der Waals surface area contributed by atoms with Gasteiger partial charge in [-0.3, -0.25) is 4.79 Å². The van der Waals surface area contributed by atoms with Crippen molar-refractivity contribution < 1.29 is 14.3 Å². The van der Waals surface area contributed by atoms with Crippen molar-refractivity contribution in [1.82, 2.24) is 5.32 Å². The van der Waals surface area contributed by atoms with E-state index in [1.807, 2.05) is 50.2 Å². The smallest absolute Gasteiger partial charge is 0.338 e. The summed E-state index contributed by atoms with van der Waals surface area (Å²) in [7, 11) is 3.94. The SMILES string of the molecule is CCOC(=O)C1=C(C)NC(SCC(=O)Nc2ccc(Cl)cc2)=N[C@H]1c1ccc(N(C)C)cc1. The van der Waals surface area contributed by atoms with Crippen LogP contribution in [0.5, 0.6) is 0 Å². The van der Waals surface area contributed by atoms with Crippen molar-refractivity contribution in [1.29, 1.82) is 0 Å². The van der Waals surface area contributed by atoms with E-state index >= 15 is 0 Å². The average Bonchev–Trinajstić information content (AvgIpc) is 2.79. The number of amides is 1. The summed E-state index contributed by atoms with van der Waals surface area (Å²) in [5, 5.41) is 7.15. The van der Waals surface area contributed by atoms with Gasteiger partial charge in [0, 0.05) is 36.2 Å². The lowest BCUT2D eigenvalue weighted by atomic mass is 9.96. The van der Waals surface area contributed by atoms with Crippen LogP contribution in [0.1, 0.15) is 25.5 Å². The van der Waals surface area contributed by atoms with Crippen LogP contribution in [0.3, 0.4) is 0 Å². The van der Waals surface area contributed by atoms with Gasteiger partial charge in [0.05, 0.1) is 17.9 Å². The number of aliphatic imine (C=N–C) groups is 1. The van der Waals surface area contributed by atoms with Crippen LogP contribution >= 0.6 is 23.4 Å². The van der Waals surface area contributed by atoms with Gasteiger partial charge >= 0.3 is 5.97 Å². The van der Waals surface area contributed by atoms with Crippen molar-refractivity contribution >= 4 is 51.8 Å². The second-order valence-electron chi connectivity index (χ2n) is 7.55. The molecule has 1 aliphatic rings. The third kappa shape index (κ3) is 6.52. The molecule has 1 atom stereocenters. The highest BCUT2D eigenvalue weighted by molar-refractivity contribution is 8.14. The van der Waals surface area contributed by atoms with Crippen molar-refractivity contribution in [2.75, 3.05) is 36.7 Å². The molecule has 0 bridgehead atoms. The summed E-state index contributed by atoms with van der Waals surface area (Å²) in [6, 6.07) is 14.3. The van der Waals surface area contributed by atoms with Crippen LogP contribution in [0.4, 0.5) is 11.4 Å². The lowest BCUT2D eigenvalue weighted by Crippen LogP contribution is -2.31. The third-order valence-corrected chi connectivity index (χ3v) is 6.05. The number of allylic oxidation sites excluding steroid dienone is 1. The van der Waals surface area contributed by atoms with Crippen molar-refractivity contribution in [3.63, 3.8) is 0 Å². The molecule has 3 rings (SSSR count). The first-order valence-electron chi connectivity index (χ1n) is 10.5. The average molecular weight is 487 g/mol. The number of carbonyl (C=O) groups is 2. The van der Waals surface area contributed by atoms with Crippen LogP contribution in [0.15, 0.2) is 64.8 Å². The number of carbonyl (C=O) groups excluding carboxylic acids is 2. The monoisotopic (exact) mass is 486 g/mol. The molecule has 0 radical (unpaired) electrons. The summed E-state index contributed by atoms with van der Waals surface area (Å²) in [5.74, 6) is -0.419. The maximum Gasteiger partial charge on any atom is 0.338 e. The number of hydrogen-bond acceptors (Lipinski definition) is 7. The van der Waals surface area contributed by atoms with Gasteiger partial charge in [-0.2, -0.15) is 0 Å². The molecule has 0 unspecified atom stereocenters. The molecule has 0 spiro atoms. The van der Waals surface area contributed by atoms with E-state index in [0.29, 0.717) is 27.1 Å². The van der Waals surface area contributed by atoms with Gasteiger partial charge in [-0.1, -0.05) is 35.5 Å². The molecule has 1 aliphatic heterocycles. The molecule has 2 aromatic rings. The van der Waals surface area contributed by atoms with Crippen LogP contribution in [-0.2, 0) is 14.3 Å². The fourth-order valence-corrected chi connectivity index (χ4v) is 4.13. The summed E-state index contributed by atoms with van der Waals surface area (Å²) < 4.78 is 5.28. The number of halogens is 1. The normalized spacial score (nSPS) is 15.4. The second kappa shape index (κ2) is 11.2. The Kier molecular flexibility index (Phi) is 8.41. The topological polar surface area (TPSA) is 83.0 Å². The van der Waals surface area contributed by atoms with Crippen LogP contribution in [0, 0.1) is 0 Å². The zero-order chi connectivity index (χ0) is 24.0. The van der Waals surface area contributed by atoms with Crippen LogP contribution in [0.2, 0.25) is 5.02 Å². The zero-order valence-electron chi connectivity index (χ0n) is 19.0. The van der Waals surface area contributed by atoms with Crippen molar-refractivity contribution in [3.8, 4) is 0 Å². The number of nitrogens with zero attached hydrogens (tertiary/aromatic N) is 2. The fraction of sp³-hybridized carbons (Fsp3) is 0.292. The lowest BCUT2D eigenvalue weighted by molar-refractivity contribution is -0.139. The molecule has 0 aromatic heterocycles. The molecule has 9 heteroatoms. The largest absolute Gasteiger partial charge is 0.463 e. The quantitative estimate of drug-likeness (QED) is 0.556. The number of esters is 1. The highest BCUT2D eigenvalue weighted by atomic mass is 35.5. The number of anilines is 2. The predicted octanol–water partition coefficient (Wildman–Crippen LogP) is 4.62. The Balaban J connectivity index is 1.78. The van der Waals surface area contributed by atoms with Crippen molar-refractivity contribution in [2.45, 2.75) is 19.9 Å². The molecule has 7 nitrogen and oxygen atoms in total. The standard InChI is InChI=1S/C24H27ClN4O3S/c1-5-32-23(31)21-15(2)26-24(28-22(21)16-6-12-19(13-7-16)29(3)4)33-14-20(30)27-18-10-8-17(25)9-11-18/h6-13,22H,5,14H2,1-4H3,(H,26,28)(H,27,30)/t22-/m0/s1. The Morgan fingerprint density at radius 1 is 1.15 bits per heavy atom. The third-order valence-electron chi connectivity index (χ3n) is 4.91. The van der Waals surface area contributed by atoms with Gasteiger partial charge in [0.15, 0.2) is 5.17 Å². The second-order valence-corrected chi connectivity index (χ2v) is 8.95. The summed E-state index contributed by atoms with van der Waals surface area (Å²) in [6.07, 6.45) is 0. The minimum atomic E-state index is -0.525. The Morgan fingerprint density at radius 3 is 2.42 bits per heavy atom. The van der Waals surface area contributed by atoms with Crippen molar-refractivity contribution in [2.24, 2.45) is 4.99 Å². The van der Waals surface area contributed by atoms with Crippen molar-refractivity contribution in [3.05, 3.63) is 70.4 Å². The fourth-order valence-electron chi connectivity index (χ4n) is 3.25. The molecule has 174 valence electrons. The number of benzene rings is 2. The van der Waals surface area contributed by atoms with E-state index in [1.54, 1.807) is 31.2 Å². The maximum absolute atomic E-state index is 12.7. The highest BCUT2D eigenvalue weighted by Gasteiger charge is 2.30. The number of rotatable bonds is 7. The van der Waals surface area contributed by atoms with Gasteiger partial charge in [-0.05, 0) is 55.8 Å². The van der Waals surface area contributed by atoms with E-state index in [4.69, 9.17) is 21.3 Å². The van der Waals surface area contributed by atoms with E-state index in [-0.39, 0.29) is 18.3 Å². The van der Waals surface area contributed by atoms with Gasteiger partial charge in [-0.15, -0.1) is 0 Å². The van der Waals surface area contributed by atoms with Crippen LogP contribution in [0.25, 0.3) is 0 Å². The Labute approximate surface area is 203 Å². The maximum atomic E-state index is 12.7. The minimum Gasteiger partial charge on any atom is -0.463 e. The molecule has 2 N–H and O–H groups in total. The molecule has 1 heterocycles. The molecule has 0 saturated carbocycles. The summed E-state index contributed by atoms with van der Waals surface area (Å²) in [4.78, 5) is 31.8. The molecule has 0 fully saturated rings. The van der Waals surface area contributed by atoms with E-state index < -0.39 is 12.0 Å². The summed E-state index contributed by atoms with van der Waals surface area (Å²) >= 11 is 7.16. The molecular formula is C24H27ClN4O3S. The zero-order valence-corrected chi connectivity index (χ0v) is 20.6. The van der Waals surface area contributed by atoms with Crippen LogP contribution in [-0.4, -0.2) is 43.5 Å². The molecule has 2 aromatic carbocycles. The first-order valence-corrected chi connectivity index (χ1v) is 11.8. The molecule has 0 saturated heterocycles. The number of nitrogens with one attached hydrogen (secondary N) is 2. The van der Waals surface area contributed by atoms with E-state index in [2.05, 4.69) is 10.6 Å². The van der Waals surface area contributed by atoms with Gasteiger partial charge in [0.2, 0.25) is 5.91 Å². The van der Waals surface area contributed by atoms with Gasteiger partial charge in [0.1, 0.15) is 6.04 Å².